The number of hydrogen-bond acceptors (Lipinski definition) is 11. The van der Waals surface area contributed by atoms with E-state index < -0.39 is 119 Å². The predicted octanol–water partition coefficient (Wildman–Crippen LogP) is -0.377. The lowest BCUT2D eigenvalue weighted by atomic mass is 9.86. The number of phenols is 1. The number of carboxylic acid groups (broad SMARTS) is 1. The van der Waals surface area contributed by atoms with E-state index in [2.05, 4.69) is 36.9 Å². The van der Waals surface area contributed by atoms with Crippen molar-refractivity contribution in [2.45, 2.75) is 129 Å². The van der Waals surface area contributed by atoms with Crippen molar-refractivity contribution in [1.82, 2.24) is 36.9 Å². The lowest BCUT2D eigenvalue weighted by Gasteiger charge is -2.32. The van der Waals surface area contributed by atoms with Gasteiger partial charge in [-0.15, -0.1) is 0 Å². The Morgan fingerprint density at radius 3 is 1.80 bits per heavy atom. The molecule has 21 nitrogen and oxygen atoms in total. The number of carboxylic acids is 1. The second-order valence-corrected chi connectivity index (χ2v) is 18.1. The molecule has 0 unspecified atom stereocenters. The second kappa shape index (κ2) is 23.2. The number of aromatic amines is 1. The number of carbonyl (C=O) groups excluding carboxylic acids is 8. The molecular weight excluding hydrogens is 857 g/mol. The Labute approximate surface area is 382 Å². The Balaban J connectivity index is 2.00. The summed E-state index contributed by atoms with van der Waals surface area (Å²) in [6.45, 7) is 11.2. The van der Waals surface area contributed by atoms with Crippen molar-refractivity contribution in [2.75, 3.05) is 0 Å². The zero-order valence-corrected chi connectivity index (χ0v) is 38.3. The van der Waals surface area contributed by atoms with E-state index in [1.54, 1.807) is 65.1 Å². The van der Waals surface area contributed by atoms with Crippen LogP contribution in [0.2, 0.25) is 0 Å². The quantitative estimate of drug-likeness (QED) is 0.0548. The monoisotopic (exact) mass is 920 g/mol. The summed E-state index contributed by atoms with van der Waals surface area (Å²) < 4.78 is 0. The lowest BCUT2D eigenvalue weighted by Crippen LogP contribution is -2.62. The van der Waals surface area contributed by atoms with Gasteiger partial charge in [-0.1, -0.05) is 71.4 Å². The molecule has 0 spiro atoms. The van der Waals surface area contributed by atoms with Crippen LogP contribution in [0.1, 0.15) is 85.3 Å². The Kier molecular flexibility index (Phi) is 18.8. The molecule has 1 aromatic heterocycles. The highest BCUT2D eigenvalue weighted by Crippen LogP contribution is 2.21. The Morgan fingerprint density at radius 1 is 0.697 bits per heavy atom. The van der Waals surface area contributed by atoms with Crippen LogP contribution >= 0.6 is 0 Å². The number of rotatable bonds is 24. The number of carbonyl (C=O) groups is 9. The van der Waals surface area contributed by atoms with Crippen molar-refractivity contribution in [2.24, 2.45) is 28.5 Å². The third kappa shape index (κ3) is 15.9. The normalized spacial score (nSPS) is 14.8. The number of phenolic OH excluding ortho intramolecular Hbond substituents is 1. The zero-order valence-electron chi connectivity index (χ0n) is 38.3. The fourth-order valence-electron chi connectivity index (χ4n) is 6.81. The van der Waals surface area contributed by atoms with Crippen molar-refractivity contribution in [3.63, 3.8) is 0 Å². The van der Waals surface area contributed by atoms with Crippen LogP contribution in [0.5, 0.6) is 5.75 Å². The third-order valence-corrected chi connectivity index (χ3v) is 10.9. The third-order valence-electron chi connectivity index (χ3n) is 10.9. The predicted molar refractivity (Wildman–Crippen MR) is 242 cm³/mol. The van der Waals surface area contributed by atoms with Crippen LogP contribution in [0.15, 0.2) is 54.7 Å². The van der Waals surface area contributed by atoms with Crippen LogP contribution in [0.4, 0.5) is 0 Å². The van der Waals surface area contributed by atoms with E-state index in [0.29, 0.717) is 28.5 Å². The highest BCUT2D eigenvalue weighted by molar-refractivity contribution is 5.99. The first kappa shape index (κ1) is 53.3. The first-order valence-electron chi connectivity index (χ1n) is 21.5. The number of aliphatic carboxylic acids is 1. The van der Waals surface area contributed by atoms with Crippen LogP contribution in [0.25, 0.3) is 10.9 Å². The van der Waals surface area contributed by atoms with Crippen molar-refractivity contribution in [3.05, 3.63) is 65.9 Å². The van der Waals surface area contributed by atoms with Crippen molar-refractivity contribution < 1.29 is 53.4 Å². The summed E-state index contributed by atoms with van der Waals surface area (Å²) >= 11 is 0. The summed E-state index contributed by atoms with van der Waals surface area (Å²) in [5.41, 5.74) is 16.4. The first-order valence-corrected chi connectivity index (χ1v) is 21.5. The molecule has 0 aliphatic carbocycles. The molecule has 21 heteroatoms. The maximum atomic E-state index is 14.3. The molecular formula is C45H64N10O11. The number of nitrogens with one attached hydrogen (secondary N) is 7. The SMILES string of the molecule is CC[C@H](C)[C@H](NC(=O)[C@H](CCC(N)=O)NC(=O)[C@H](Cc1c[nH]c2ccccc12)NC(=O)[C@H](CC(=O)O)NC(=O)C(C)(C)N)C(=O)N[C@@H](Cc1ccc(O)cc1)C(=O)N[C@H](C(N)=O)C(C)(C)C. The van der Waals surface area contributed by atoms with Gasteiger partial charge in [-0.3, -0.25) is 43.2 Å². The topological polar surface area (TPSA) is 360 Å². The Hall–Kier alpha value is -7.03. The fraction of sp³-hybridized carbons (Fsp3) is 0.489. The summed E-state index contributed by atoms with van der Waals surface area (Å²) in [5.74, 6) is -9.13. The van der Waals surface area contributed by atoms with Gasteiger partial charge in [-0.2, -0.15) is 0 Å². The van der Waals surface area contributed by atoms with Gasteiger partial charge < -0.3 is 64.3 Å². The lowest BCUT2D eigenvalue weighted by molar-refractivity contribution is -0.141. The van der Waals surface area contributed by atoms with Gasteiger partial charge >= 0.3 is 5.97 Å². The minimum atomic E-state index is -1.69. The highest BCUT2D eigenvalue weighted by atomic mass is 16.4. The number of aromatic nitrogens is 1. The molecule has 360 valence electrons. The molecule has 3 rings (SSSR count). The number of para-hydroxylation sites is 1. The molecule has 0 saturated carbocycles. The molecule has 0 bridgehead atoms. The van der Waals surface area contributed by atoms with Crippen LogP contribution in [-0.4, -0.2) is 110 Å². The van der Waals surface area contributed by atoms with E-state index in [9.17, 15) is 53.4 Å². The number of aromatic hydroxyl groups is 1. The molecule has 0 radical (unpaired) electrons. The van der Waals surface area contributed by atoms with Crippen LogP contribution < -0.4 is 49.1 Å². The molecule has 2 aromatic carbocycles. The van der Waals surface area contributed by atoms with Gasteiger partial charge in [0.2, 0.25) is 47.3 Å². The van der Waals surface area contributed by atoms with Gasteiger partial charge in [0.15, 0.2) is 0 Å². The average Bonchev–Trinajstić information content (AvgIpc) is 3.63. The average molecular weight is 921 g/mol. The molecule has 8 amide bonds. The standard InChI is InChI=1S/C45H64N10O11/c1-8-23(2)35(42(65)52-30(19-24-13-15-26(56)16-14-24)41(64)55-36(37(47)60)44(3,4)5)54-38(61)29(17-18-33(46)57)50-39(62)31(20-25-22-49-28-12-10-9-11-27(25)28)51-40(63)32(21-34(58)59)53-43(66)45(6,7)48/h9-16,22-23,29-32,35-36,49,56H,8,17-21,48H2,1-7H3,(H2,46,57)(H2,47,60)(H,50,62)(H,51,63)(H,52,65)(H,53,66)(H,54,61)(H,55,64)(H,58,59)/t23-,29-,30-,31-,32-,35-,36+/m0/s1. The molecule has 15 N–H and O–H groups in total. The first-order chi connectivity index (χ1) is 30.7. The second-order valence-electron chi connectivity index (χ2n) is 18.1. The van der Waals surface area contributed by atoms with E-state index in [4.69, 9.17) is 17.2 Å². The van der Waals surface area contributed by atoms with E-state index >= 15 is 0 Å². The number of amides is 8. The summed E-state index contributed by atoms with van der Waals surface area (Å²) in [6.07, 6.45) is -0.0592. The Morgan fingerprint density at radius 2 is 1.24 bits per heavy atom. The number of fused-ring (bicyclic) bond motifs is 1. The number of benzene rings is 2. The maximum absolute atomic E-state index is 14.3. The van der Waals surface area contributed by atoms with Gasteiger partial charge in [0.1, 0.15) is 42.0 Å². The van der Waals surface area contributed by atoms with E-state index in [1.165, 1.54) is 38.1 Å². The van der Waals surface area contributed by atoms with Gasteiger partial charge in [0.05, 0.1) is 12.0 Å². The van der Waals surface area contributed by atoms with Gasteiger partial charge in [-0.25, -0.2) is 0 Å². The molecule has 0 aliphatic rings. The minimum Gasteiger partial charge on any atom is -0.508 e. The summed E-state index contributed by atoms with van der Waals surface area (Å²) in [7, 11) is 0. The molecule has 66 heavy (non-hydrogen) atoms. The molecule has 0 fully saturated rings. The van der Waals surface area contributed by atoms with Crippen LogP contribution in [0, 0.1) is 11.3 Å². The minimum absolute atomic E-state index is 0.0444. The summed E-state index contributed by atoms with van der Waals surface area (Å²) in [6, 6.07) is 4.32. The van der Waals surface area contributed by atoms with Crippen molar-refractivity contribution in [3.8, 4) is 5.75 Å². The number of primary amides is 2. The van der Waals surface area contributed by atoms with E-state index in [1.807, 2.05) is 0 Å². The van der Waals surface area contributed by atoms with Crippen molar-refractivity contribution in [1.29, 1.82) is 0 Å². The Bertz CT molecular complexity index is 2250. The molecule has 3 aromatic rings. The molecule has 7 atom stereocenters. The summed E-state index contributed by atoms with van der Waals surface area (Å²) in [5, 5.41) is 35.5. The smallest absolute Gasteiger partial charge is 0.305 e. The van der Waals surface area contributed by atoms with E-state index in [0.717, 1.165) is 0 Å². The fourth-order valence-corrected chi connectivity index (χ4v) is 6.81. The number of nitrogens with two attached hydrogens (primary N) is 3. The van der Waals surface area contributed by atoms with Crippen LogP contribution in [0.3, 0.4) is 0 Å². The molecule has 1 heterocycles. The number of H-pyrrole nitrogens is 1. The van der Waals surface area contributed by atoms with Gasteiger partial charge in [-0.05, 0) is 60.9 Å². The maximum Gasteiger partial charge on any atom is 0.305 e. The summed E-state index contributed by atoms with van der Waals surface area (Å²) in [4.78, 5) is 123. The van der Waals surface area contributed by atoms with E-state index in [-0.39, 0.29) is 25.0 Å². The van der Waals surface area contributed by atoms with Crippen molar-refractivity contribution >= 4 is 64.1 Å². The highest BCUT2D eigenvalue weighted by Gasteiger charge is 2.38. The zero-order chi connectivity index (χ0) is 49.7. The molecule has 0 aliphatic heterocycles. The van der Waals surface area contributed by atoms with Gasteiger partial charge in [0, 0.05) is 36.4 Å². The molecule has 0 saturated heterocycles. The van der Waals surface area contributed by atoms with Gasteiger partial charge in [0.25, 0.3) is 0 Å². The van der Waals surface area contributed by atoms with Crippen LogP contribution in [-0.2, 0) is 56.0 Å². The largest absolute Gasteiger partial charge is 0.508 e. The number of hydrogen-bond donors (Lipinski definition) is 12.